The van der Waals surface area contributed by atoms with Crippen LogP contribution >= 0.6 is 0 Å². The molecule has 0 spiro atoms. The number of ether oxygens (including phenoxy) is 2. The summed E-state index contributed by atoms with van der Waals surface area (Å²) in [4.78, 5) is 18.0. The molecule has 0 radical (unpaired) electrons. The first-order valence-corrected chi connectivity index (χ1v) is 6.41. The van der Waals surface area contributed by atoms with Crippen molar-refractivity contribution in [3.8, 4) is 11.5 Å². The lowest BCUT2D eigenvalue weighted by atomic mass is 10.2. The van der Waals surface area contributed by atoms with Gasteiger partial charge in [-0.15, -0.1) is 0 Å². The van der Waals surface area contributed by atoms with E-state index in [-0.39, 0.29) is 12.4 Å². The topological polar surface area (TPSA) is 64.8 Å². The Bertz CT molecular complexity index is 634. The molecule has 0 unspecified atom stereocenters. The van der Waals surface area contributed by atoms with Gasteiger partial charge in [0.15, 0.2) is 0 Å². The van der Waals surface area contributed by atoms with Crippen molar-refractivity contribution in [2.45, 2.75) is 6.61 Å². The molecule has 0 N–H and O–H groups in total. The second kappa shape index (κ2) is 6.41. The fraction of sp³-hybridized carbons (Fsp3) is 0.333. The summed E-state index contributed by atoms with van der Waals surface area (Å²) in [5.74, 6) is -0.125. The number of methoxy groups -OCH3 is 2. The monoisotopic (exact) mass is 290 g/mol. The fourth-order valence-corrected chi connectivity index (χ4v) is 1.88. The molecule has 1 heterocycles. The van der Waals surface area contributed by atoms with Crippen LogP contribution in [0.5, 0.6) is 0 Å². The van der Waals surface area contributed by atoms with Gasteiger partial charge in [-0.3, -0.25) is 0 Å². The van der Waals surface area contributed by atoms with Crippen LogP contribution in [0.3, 0.4) is 0 Å². The first kappa shape index (κ1) is 15.1. The standard InChI is InChI=1S/C15H18N2O4/c1-17(2)11-7-5-6-10(8-11)14-16-12(9-19-3)13(21-14)15(18)20-4/h5-8H,9H2,1-4H3. The van der Waals surface area contributed by atoms with Gasteiger partial charge in [0, 0.05) is 32.5 Å². The SMILES string of the molecule is COCc1nc(-c2cccc(N(C)C)c2)oc1C(=O)OC. The number of benzene rings is 1. The third kappa shape index (κ3) is 3.22. The number of esters is 1. The Morgan fingerprint density at radius 2 is 2.10 bits per heavy atom. The van der Waals surface area contributed by atoms with Crippen LogP contribution in [0.2, 0.25) is 0 Å². The molecular weight excluding hydrogens is 272 g/mol. The summed E-state index contributed by atoms with van der Waals surface area (Å²) in [6.07, 6.45) is 0. The number of aromatic nitrogens is 1. The van der Waals surface area contributed by atoms with Crippen molar-refractivity contribution in [3.63, 3.8) is 0 Å². The Morgan fingerprint density at radius 1 is 1.33 bits per heavy atom. The van der Waals surface area contributed by atoms with Crippen LogP contribution in [0, 0.1) is 0 Å². The Morgan fingerprint density at radius 3 is 2.71 bits per heavy atom. The average Bonchev–Trinajstić information content (AvgIpc) is 2.91. The van der Waals surface area contributed by atoms with Crippen molar-refractivity contribution in [1.29, 1.82) is 0 Å². The molecule has 1 aromatic heterocycles. The molecule has 0 saturated heterocycles. The van der Waals surface area contributed by atoms with E-state index in [1.165, 1.54) is 14.2 Å². The van der Waals surface area contributed by atoms with E-state index in [2.05, 4.69) is 4.98 Å². The minimum absolute atomic E-state index is 0.0737. The summed E-state index contributed by atoms with van der Waals surface area (Å²) < 4.78 is 15.3. The van der Waals surface area contributed by atoms with E-state index in [1.807, 2.05) is 43.3 Å². The van der Waals surface area contributed by atoms with Crippen molar-refractivity contribution < 1.29 is 18.7 Å². The minimum Gasteiger partial charge on any atom is -0.463 e. The largest absolute Gasteiger partial charge is 0.463 e. The quantitative estimate of drug-likeness (QED) is 0.788. The predicted octanol–water partition coefficient (Wildman–Crippen LogP) is 2.34. The summed E-state index contributed by atoms with van der Waals surface area (Å²) >= 11 is 0. The molecule has 0 amide bonds. The molecule has 2 aromatic rings. The molecule has 112 valence electrons. The minimum atomic E-state index is -0.565. The lowest BCUT2D eigenvalue weighted by Gasteiger charge is -2.12. The molecule has 0 aliphatic rings. The third-order valence-electron chi connectivity index (χ3n) is 2.96. The van der Waals surface area contributed by atoms with Gasteiger partial charge in [0.25, 0.3) is 0 Å². The molecule has 2 rings (SSSR count). The number of carbonyl (C=O) groups is 1. The van der Waals surface area contributed by atoms with Crippen LogP contribution in [-0.2, 0) is 16.1 Å². The number of carbonyl (C=O) groups excluding carboxylic acids is 1. The Labute approximate surface area is 123 Å². The molecule has 0 saturated carbocycles. The lowest BCUT2D eigenvalue weighted by Crippen LogP contribution is -2.08. The Balaban J connectivity index is 2.44. The normalized spacial score (nSPS) is 10.5. The van der Waals surface area contributed by atoms with Crippen molar-refractivity contribution >= 4 is 11.7 Å². The van der Waals surface area contributed by atoms with Crippen LogP contribution < -0.4 is 4.90 Å². The van der Waals surface area contributed by atoms with Crippen LogP contribution in [0.4, 0.5) is 5.69 Å². The second-order valence-electron chi connectivity index (χ2n) is 4.66. The highest BCUT2D eigenvalue weighted by atomic mass is 16.5. The maximum Gasteiger partial charge on any atom is 0.376 e. The van der Waals surface area contributed by atoms with Crippen LogP contribution in [0.25, 0.3) is 11.5 Å². The number of rotatable bonds is 5. The molecule has 21 heavy (non-hydrogen) atoms. The van der Waals surface area contributed by atoms with Crippen LogP contribution in [-0.4, -0.2) is 39.3 Å². The van der Waals surface area contributed by atoms with E-state index in [0.29, 0.717) is 11.6 Å². The summed E-state index contributed by atoms with van der Waals surface area (Å²) in [6, 6.07) is 7.69. The maximum absolute atomic E-state index is 11.7. The predicted molar refractivity (Wildman–Crippen MR) is 78.3 cm³/mol. The Kier molecular flexibility index (Phi) is 4.59. The fourth-order valence-electron chi connectivity index (χ4n) is 1.88. The van der Waals surface area contributed by atoms with E-state index in [1.54, 1.807) is 0 Å². The van der Waals surface area contributed by atoms with Gasteiger partial charge in [-0.2, -0.15) is 0 Å². The molecule has 1 aromatic carbocycles. The van der Waals surface area contributed by atoms with Gasteiger partial charge in [-0.1, -0.05) is 6.07 Å². The Hall–Kier alpha value is -2.34. The van der Waals surface area contributed by atoms with E-state index in [4.69, 9.17) is 13.9 Å². The van der Waals surface area contributed by atoms with Crippen molar-refractivity contribution in [3.05, 3.63) is 35.7 Å². The molecule has 0 aliphatic heterocycles. The first-order chi connectivity index (χ1) is 10.1. The lowest BCUT2D eigenvalue weighted by molar-refractivity contribution is 0.0559. The molecule has 0 aliphatic carbocycles. The van der Waals surface area contributed by atoms with E-state index >= 15 is 0 Å². The highest BCUT2D eigenvalue weighted by Crippen LogP contribution is 2.26. The van der Waals surface area contributed by atoms with Gasteiger partial charge in [-0.05, 0) is 18.2 Å². The van der Waals surface area contributed by atoms with Crippen LogP contribution in [0.15, 0.2) is 28.7 Å². The van der Waals surface area contributed by atoms with Crippen LogP contribution in [0.1, 0.15) is 16.2 Å². The van der Waals surface area contributed by atoms with Gasteiger partial charge in [0.2, 0.25) is 11.7 Å². The summed E-state index contributed by atoms with van der Waals surface area (Å²) in [6.45, 7) is 0.182. The number of nitrogens with zero attached hydrogens (tertiary/aromatic N) is 2. The zero-order valence-electron chi connectivity index (χ0n) is 12.5. The molecule has 0 bridgehead atoms. The second-order valence-corrected chi connectivity index (χ2v) is 4.66. The molecule has 0 fully saturated rings. The first-order valence-electron chi connectivity index (χ1n) is 6.41. The summed E-state index contributed by atoms with van der Waals surface area (Å²) in [5.41, 5.74) is 2.22. The van der Waals surface area contributed by atoms with Crippen molar-refractivity contribution in [1.82, 2.24) is 4.98 Å². The van der Waals surface area contributed by atoms with Gasteiger partial charge in [0.1, 0.15) is 5.69 Å². The van der Waals surface area contributed by atoms with E-state index in [9.17, 15) is 4.79 Å². The van der Waals surface area contributed by atoms with Gasteiger partial charge in [0.05, 0.1) is 13.7 Å². The van der Waals surface area contributed by atoms with E-state index in [0.717, 1.165) is 11.3 Å². The van der Waals surface area contributed by atoms with E-state index < -0.39 is 5.97 Å². The number of hydrogen-bond acceptors (Lipinski definition) is 6. The molecule has 0 atom stereocenters. The summed E-state index contributed by atoms with van der Waals surface area (Å²) in [5, 5.41) is 0. The third-order valence-corrected chi connectivity index (χ3v) is 2.96. The van der Waals surface area contributed by atoms with Crippen molar-refractivity contribution in [2.75, 3.05) is 33.2 Å². The van der Waals surface area contributed by atoms with Gasteiger partial charge in [-0.25, -0.2) is 9.78 Å². The highest BCUT2D eigenvalue weighted by molar-refractivity contribution is 5.88. The summed E-state index contributed by atoms with van der Waals surface area (Å²) in [7, 11) is 6.73. The zero-order valence-corrected chi connectivity index (χ0v) is 12.5. The highest BCUT2D eigenvalue weighted by Gasteiger charge is 2.21. The van der Waals surface area contributed by atoms with Gasteiger partial charge >= 0.3 is 5.97 Å². The number of oxazole rings is 1. The molecule has 6 heteroatoms. The average molecular weight is 290 g/mol. The molecule has 6 nitrogen and oxygen atoms in total. The maximum atomic E-state index is 11.7. The smallest absolute Gasteiger partial charge is 0.376 e. The number of hydrogen-bond donors (Lipinski definition) is 0. The molecular formula is C15H18N2O4. The van der Waals surface area contributed by atoms with Gasteiger partial charge < -0.3 is 18.8 Å². The zero-order chi connectivity index (χ0) is 15.4. The van der Waals surface area contributed by atoms with Crippen molar-refractivity contribution in [2.24, 2.45) is 0 Å². The number of anilines is 1.